The summed E-state index contributed by atoms with van der Waals surface area (Å²) in [7, 11) is -3.95. The molecule has 1 heterocycles. The fourth-order valence-electron chi connectivity index (χ4n) is 4.26. The van der Waals surface area contributed by atoms with Gasteiger partial charge in [0.15, 0.2) is 0 Å². The highest BCUT2D eigenvalue weighted by Gasteiger charge is 2.20. The van der Waals surface area contributed by atoms with Gasteiger partial charge >= 0.3 is 0 Å². The highest BCUT2D eigenvalue weighted by atomic mass is 35.5. The van der Waals surface area contributed by atoms with E-state index >= 15 is 0 Å². The Morgan fingerprint density at radius 1 is 1.00 bits per heavy atom. The van der Waals surface area contributed by atoms with Crippen LogP contribution in [0, 0.1) is 18.3 Å². The maximum absolute atomic E-state index is 13.4. The lowest BCUT2D eigenvalue weighted by atomic mass is 10.1. The van der Waals surface area contributed by atoms with Crippen molar-refractivity contribution < 1.29 is 13.2 Å². The number of benzene rings is 4. The lowest BCUT2D eigenvalue weighted by molar-refractivity contribution is 0.101. The molecular formula is C28H20ClN5O3S. The van der Waals surface area contributed by atoms with Crippen LogP contribution in [0.3, 0.4) is 0 Å². The number of carbonyl (C=O) groups excluding carboxylic acids is 1. The number of hydrogen-bond donors (Lipinski definition) is 2. The first-order valence-electron chi connectivity index (χ1n) is 11.4. The van der Waals surface area contributed by atoms with E-state index in [0.29, 0.717) is 33.8 Å². The number of nitriles is 1. The molecule has 0 aliphatic rings. The second kappa shape index (κ2) is 9.76. The van der Waals surface area contributed by atoms with Gasteiger partial charge in [-0.1, -0.05) is 60.1 Å². The highest BCUT2D eigenvalue weighted by Crippen LogP contribution is 2.32. The second-order valence-corrected chi connectivity index (χ2v) is 10.5. The van der Waals surface area contributed by atoms with E-state index in [0.717, 1.165) is 10.8 Å². The van der Waals surface area contributed by atoms with Crippen molar-refractivity contribution in [2.75, 3.05) is 5.32 Å². The molecule has 38 heavy (non-hydrogen) atoms. The molecule has 0 fully saturated rings. The van der Waals surface area contributed by atoms with E-state index in [1.54, 1.807) is 55.5 Å². The first-order chi connectivity index (χ1) is 18.2. The van der Waals surface area contributed by atoms with E-state index < -0.39 is 15.9 Å². The molecule has 1 amide bonds. The van der Waals surface area contributed by atoms with Gasteiger partial charge in [0.25, 0.3) is 5.91 Å². The lowest BCUT2D eigenvalue weighted by Gasteiger charge is -2.13. The summed E-state index contributed by atoms with van der Waals surface area (Å²) in [6, 6.07) is 26.1. The number of halogens is 1. The molecule has 5 aromatic rings. The monoisotopic (exact) mass is 541 g/mol. The Bertz CT molecular complexity index is 1890. The molecular weight excluding hydrogens is 522 g/mol. The lowest BCUT2D eigenvalue weighted by Crippen LogP contribution is -2.18. The maximum atomic E-state index is 13.4. The fourth-order valence-corrected chi connectivity index (χ4v) is 5.25. The molecule has 0 saturated heterocycles. The Balaban J connectivity index is 1.51. The summed E-state index contributed by atoms with van der Waals surface area (Å²) in [6.45, 7) is 1.76. The standard InChI is InChI=1S/C28H20ClN5O3S/c1-17-12-26(34(33-17)25-15-19-7-3-2-6-18(19)13-21(25)16-30)28(35)32-24-11-10-20(14-23(24)29)22-8-4-5-9-27(22)38(31,36)37/h2-15H,1H3,(H,32,35)(H2,31,36,37). The van der Waals surface area contributed by atoms with Gasteiger partial charge < -0.3 is 5.32 Å². The third-order valence-electron chi connectivity index (χ3n) is 6.00. The number of rotatable bonds is 5. The number of nitrogens with zero attached hydrogens (tertiary/aromatic N) is 3. The van der Waals surface area contributed by atoms with Crippen molar-refractivity contribution in [2.24, 2.45) is 5.14 Å². The second-order valence-electron chi connectivity index (χ2n) is 8.60. The molecule has 4 aromatic carbocycles. The predicted molar refractivity (Wildman–Crippen MR) is 147 cm³/mol. The van der Waals surface area contributed by atoms with Crippen LogP contribution < -0.4 is 10.5 Å². The van der Waals surface area contributed by atoms with Crippen LogP contribution in [0.15, 0.2) is 89.8 Å². The molecule has 1 aromatic heterocycles. The minimum atomic E-state index is -3.95. The molecule has 3 N–H and O–H groups in total. The van der Waals surface area contributed by atoms with Crippen LogP contribution in [-0.2, 0) is 10.0 Å². The molecule has 188 valence electrons. The van der Waals surface area contributed by atoms with Gasteiger partial charge in [0.05, 0.1) is 32.6 Å². The third-order valence-corrected chi connectivity index (χ3v) is 7.28. The van der Waals surface area contributed by atoms with E-state index in [-0.39, 0.29) is 15.6 Å². The Morgan fingerprint density at radius 2 is 1.68 bits per heavy atom. The fraction of sp³-hybridized carbons (Fsp3) is 0.0357. The van der Waals surface area contributed by atoms with Crippen molar-refractivity contribution in [2.45, 2.75) is 11.8 Å². The quantitative estimate of drug-likeness (QED) is 0.306. The average molecular weight is 542 g/mol. The molecule has 0 spiro atoms. The van der Waals surface area contributed by atoms with Crippen molar-refractivity contribution in [1.29, 1.82) is 5.26 Å². The minimum Gasteiger partial charge on any atom is -0.319 e. The van der Waals surface area contributed by atoms with E-state index in [1.807, 2.05) is 30.3 Å². The van der Waals surface area contributed by atoms with E-state index in [1.165, 1.54) is 10.7 Å². The normalized spacial score (nSPS) is 11.3. The average Bonchev–Trinajstić information content (AvgIpc) is 3.30. The molecule has 0 unspecified atom stereocenters. The number of carbonyl (C=O) groups is 1. The summed E-state index contributed by atoms with van der Waals surface area (Å²) in [6.07, 6.45) is 0. The Kier molecular flexibility index (Phi) is 6.46. The summed E-state index contributed by atoms with van der Waals surface area (Å²) >= 11 is 6.49. The molecule has 5 rings (SSSR count). The van der Waals surface area contributed by atoms with E-state index in [9.17, 15) is 18.5 Å². The van der Waals surface area contributed by atoms with Gasteiger partial charge in [-0.15, -0.1) is 0 Å². The van der Waals surface area contributed by atoms with Crippen LogP contribution in [0.1, 0.15) is 21.7 Å². The van der Waals surface area contributed by atoms with Crippen molar-refractivity contribution >= 4 is 44.0 Å². The Labute approximate surface area is 223 Å². The molecule has 0 radical (unpaired) electrons. The van der Waals surface area contributed by atoms with Gasteiger partial charge in [0, 0.05) is 5.56 Å². The number of amides is 1. The number of nitrogens with one attached hydrogen (secondary N) is 1. The van der Waals surface area contributed by atoms with Gasteiger partial charge in [-0.3, -0.25) is 4.79 Å². The summed E-state index contributed by atoms with van der Waals surface area (Å²) in [5.74, 6) is -0.484. The molecule has 0 aliphatic carbocycles. The Morgan fingerprint density at radius 3 is 2.37 bits per heavy atom. The van der Waals surface area contributed by atoms with Crippen molar-refractivity contribution in [3.05, 3.63) is 107 Å². The van der Waals surface area contributed by atoms with E-state index in [2.05, 4.69) is 16.5 Å². The van der Waals surface area contributed by atoms with Crippen molar-refractivity contribution in [1.82, 2.24) is 9.78 Å². The first-order valence-corrected chi connectivity index (χ1v) is 13.3. The molecule has 8 nitrogen and oxygen atoms in total. The van der Waals surface area contributed by atoms with E-state index in [4.69, 9.17) is 16.7 Å². The third kappa shape index (κ3) is 4.76. The number of nitrogens with two attached hydrogens (primary N) is 1. The SMILES string of the molecule is Cc1cc(C(=O)Nc2ccc(-c3ccccc3S(N)(=O)=O)cc2Cl)n(-c2cc3ccccc3cc2C#N)n1. The summed E-state index contributed by atoms with van der Waals surface area (Å²) in [4.78, 5) is 13.3. The summed E-state index contributed by atoms with van der Waals surface area (Å²) in [5.41, 5.74) is 2.89. The smallest absolute Gasteiger partial charge is 0.274 e. The zero-order valence-electron chi connectivity index (χ0n) is 20.0. The van der Waals surface area contributed by atoms with Gasteiger partial charge in [-0.05, 0) is 59.7 Å². The number of fused-ring (bicyclic) bond motifs is 1. The zero-order chi connectivity index (χ0) is 27.0. The molecule has 0 saturated carbocycles. The maximum Gasteiger partial charge on any atom is 0.274 e. The van der Waals surface area contributed by atoms with Crippen LogP contribution in [-0.4, -0.2) is 24.1 Å². The largest absolute Gasteiger partial charge is 0.319 e. The van der Waals surface area contributed by atoms with Crippen LogP contribution in [0.2, 0.25) is 5.02 Å². The van der Waals surface area contributed by atoms with Crippen LogP contribution in [0.25, 0.3) is 27.6 Å². The number of hydrogen-bond acceptors (Lipinski definition) is 5. The van der Waals surface area contributed by atoms with Gasteiger partial charge in [-0.25, -0.2) is 18.2 Å². The van der Waals surface area contributed by atoms with Crippen LogP contribution in [0.5, 0.6) is 0 Å². The molecule has 0 atom stereocenters. The number of aromatic nitrogens is 2. The first kappa shape index (κ1) is 25.2. The van der Waals surface area contributed by atoms with Gasteiger partial charge in [0.2, 0.25) is 10.0 Å². The van der Waals surface area contributed by atoms with Crippen LogP contribution >= 0.6 is 11.6 Å². The number of sulfonamides is 1. The van der Waals surface area contributed by atoms with Gasteiger partial charge in [-0.2, -0.15) is 10.4 Å². The summed E-state index contributed by atoms with van der Waals surface area (Å²) in [5, 5.41) is 24.4. The number of primary sulfonamides is 1. The van der Waals surface area contributed by atoms with Gasteiger partial charge in [0.1, 0.15) is 11.8 Å². The zero-order valence-corrected chi connectivity index (χ0v) is 21.6. The topological polar surface area (TPSA) is 131 Å². The number of aryl methyl sites for hydroxylation is 1. The summed E-state index contributed by atoms with van der Waals surface area (Å²) < 4.78 is 25.5. The molecule has 10 heteroatoms. The molecule has 0 aliphatic heterocycles. The number of anilines is 1. The highest BCUT2D eigenvalue weighted by molar-refractivity contribution is 7.89. The van der Waals surface area contributed by atoms with Crippen molar-refractivity contribution in [3.63, 3.8) is 0 Å². The Hall–Kier alpha value is -4.49. The minimum absolute atomic E-state index is 0.0316. The molecule has 0 bridgehead atoms. The predicted octanol–water partition coefficient (Wildman–Crippen LogP) is 5.43. The van der Waals surface area contributed by atoms with Crippen LogP contribution in [0.4, 0.5) is 5.69 Å². The van der Waals surface area contributed by atoms with Crippen molar-refractivity contribution in [3.8, 4) is 22.9 Å².